The van der Waals surface area contributed by atoms with Gasteiger partial charge in [-0.1, -0.05) is 6.08 Å². The standard InChI is InChI=1S/C20H25N3O.3ClH/c1-3-13-12-23-9-7-14(13)10-19(23)20(21)16-6-8-22-18-5-4-15(24-2)11-17(16)18;;;/h3-6,8,11,13-14,19-20H,1,7,9-10,12,21H2,2H3;3*1H/t13?,14-,19?,20?;;;/m1.../s1. The highest BCUT2D eigenvalue weighted by molar-refractivity contribution is 5.86. The maximum atomic E-state index is 6.76. The van der Waals surface area contributed by atoms with Crippen LogP contribution in [0.1, 0.15) is 24.4 Å². The molecule has 150 valence electrons. The van der Waals surface area contributed by atoms with Crippen LogP contribution in [0.2, 0.25) is 0 Å². The van der Waals surface area contributed by atoms with Gasteiger partial charge in [0.2, 0.25) is 0 Å². The first-order valence-corrected chi connectivity index (χ1v) is 8.76. The summed E-state index contributed by atoms with van der Waals surface area (Å²) in [5.41, 5.74) is 8.91. The minimum Gasteiger partial charge on any atom is -0.497 e. The molecule has 7 heteroatoms. The highest BCUT2D eigenvalue weighted by Gasteiger charge is 2.41. The van der Waals surface area contributed by atoms with E-state index >= 15 is 0 Å². The van der Waals surface area contributed by atoms with Crippen LogP contribution in [0.5, 0.6) is 5.75 Å². The van der Waals surface area contributed by atoms with Crippen molar-refractivity contribution in [3.8, 4) is 5.75 Å². The van der Waals surface area contributed by atoms with Crippen LogP contribution in [0.15, 0.2) is 43.1 Å². The van der Waals surface area contributed by atoms with Gasteiger partial charge in [-0.2, -0.15) is 0 Å². The Morgan fingerprint density at radius 2 is 2.07 bits per heavy atom. The molecule has 0 aliphatic carbocycles. The van der Waals surface area contributed by atoms with Crippen molar-refractivity contribution >= 4 is 48.1 Å². The van der Waals surface area contributed by atoms with Crippen LogP contribution in [0.3, 0.4) is 0 Å². The predicted molar refractivity (Wildman–Crippen MR) is 119 cm³/mol. The molecule has 4 nitrogen and oxygen atoms in total. The Bertz CT molecular complexity index is 773. The molecule has 0 saturated carbocycles. The van der Waals surface area contributed by atoms with Crippen LogP contribution in [0.4, 0.5) is 0 Å². The van der Waals surface area contributed by atoms with Gasteiger partial charge in [-0.3, -0.25) is 9.88 Å². The molecule has 5 rings (SSSR count). The summed E-state index contributed by atoms with van der Waals surface area (Å²) in [6.45, 7) is 6.26. The maximum Gasteiger partial charge on any atom is 0.119 e. The maximum absolute atomic E-state index is 6.76. The van der Waals surface area contributed by atoms with E-state index < -0.39 is 0 Å². The number of benzene rings is 1. The number of piperidine rings is 3. The van der Waals surface area contributed by atoms with E-state index in [9.17, 15) is 0 Å². The van der Waals surface area contributed by atoms with E-state index in [2.05, 4.69) is 34.7 Å². The van der Waals surface area contributed by atoms with Gasteiger partial charge in [0, 0.05) is 30.2 Å². The molecule has 2 bridgehead atoms. The van der Waals surface area contributed by atoms with Gasteiger partial charge in [-0.25, -0.2) is 0 Å². The fourth-order valence-electron chi connectivity index (χ4n) is 4.52. The molecular formula is C20H28Cl3N3O. The summed E-state index contributed by atoms with van der Waals surface area (Å²) in [4.78, 5) is 7.04. The molecule has 1 aromatic carbocycles. The molecule has 27 heavy (non-hydrogen) atoms. The van der Waals surface area contributed by atoms with Crippen molar-refractivity contribution in [1.82, 2.24) is 9.88 Å². The van der Waals surface area contributed by atoms with Crippen molar-refractivity contribution in [3.05, 3.63) is 48.7 Å². The van der Waals surface area contributed by atoms with Gasteiger partial charge in [0.15, 0.2) is 0 Å². The number of pyridine rings is 1. The molecule has 3 saturated heterocycles. The highest BCUT2D eigenvalue weighted by atomic mass is 35.5. The van der Waals surface area contributed by atoms with Gasteiger partial charge < -0.3 is 10.5 Å². The Labute approximate surface area is 179 Å². The lowest BCUT2D eigenvalue weighted by molar-refractivity contribution is 0.00749. The molecule has 0 amide bonds. The minimum absolute atomic E-state index is 0. The third kappa shape index (κ3) is 4.36. The van der Waals surface area contributed by atoms with Crippen molar-refractivity contribution in [1.29, 1.82) is 0 Å². The van der Waals surface area contributed by atoms with Crippen LogP contribution >= 0.6 is 37.2 Å². The minimum atomic E-state index is -0.00354. The molecule has 4 heterocycles. The normalized spacial score (nSPS) is 26.9. The van der Waals surface area contributed by atoms with Crippen LogP contribution < -0.4 is 10.5 Å². The lowest BCUT2D eigenvalue weighted by Gasteiger charge is -2.51. The Kier molecular flexibility index (Phi) is 8.84. The summed E-state index contributed by atoms with van der Waals surface area (Å²) in [7, 11) is 1.69. The second kappa shape index (κ2) is 9.94. The fraction of sp³-hybridized carbons (Fsp3) is 0.450. The Morgan fingerprint density at radius 3 is 2.70 bits per heavy atom. The first kappa shape index (κ1) is 24.0. The number of rotatable bonds is 4. The smallest absolute Gasteiger partial charge is 0.119 e. The summed E-state index contributed by atoms with van der Waals surface area (Å²) in [6, 6.07) is 8.48. The van der Waals surface area contributed by atoms with Crippen LogP contribution in [0, 0.1) is 11.8 Å². The van der Waals surface area contributed by atoms with Gasteiger partial charge >= 0.3 is 0 Å². The molecule has 3 aliphatic heterocycles. The summed E-state index contributed by atoms with van der Waals surface area (Å²) in [6.07, 6.45) is 6.43. The fourth-order valence-corrected chi connectivity index (χ4v) is 4.52. The van der Waals surface area contributed by atoms with Crippen LogP contribution in [-0.4, -0.2) is 36.1 Å². The highest BCUT2D eigenvalue weighted by Crippen LogP contribution is 2.41. The second-order valence-electron chi connectivity index (χ2n) is 7.06. The molecule has 4 unspecified atom stereocenters. The van der Waals surface area contributed by atoms with E-state index in [0.29, 0.717) is 12.0 Å². The number of aromatic nitrogens is 1. The topological polar surface area (TPSA) is 51.4 Å². The Hall–Kier alpha value is -1.04. The van der Waals surface area contributed by atoms with Gasteiger partial charge in [0.25, 0.3) is 0 Å². The molecule has 0 radical (unpaired) electrons. The van der Waals surface area contributed by atoms with E-state index in [0.717, 1.165) is 42.1 Å². The van der Waals surface area contributed by atoms with Gasteiger partial charge in [0.05, 0.1) is 12.6 Å². The monoisotopic (exact) mass is 431 g/mol. The van der Waals surface area contributed by atoms with E-state index in [1.807, 2.05) is 18.3 Å². The molecule has 2 aromatic rings. The Morgan fingerprint density at radius 1 is 1.30 bits per heavy atom. The molecule has 1 aromatic heterocycles. The van der Waals surface area contributed by atoms with Crippen molar-refractivity contribution in [2.45, 2.75) is 24.9 Å². The summed E-state index contributed by atoms with van der Waals surface area (Å²) in [5.74, 6) is 2.20. The second-order valence-corrected chi connectivity index (χ2v) is 7.06. The zero-order valence-corrected chi connectivity index (χ0v) is 17.9. The first-order chi connectivity index (χ1) is 11.7. The van der Waals surface area contributed by atoms with Crippen LogP contribution in [0.25, 0.3) is 10.9 Å². The lowest BCUT2D eigenvalue weighted by Crippen LogP contribution is -2.56. The number of nitrogens with two attached hydrogens (primary N) is 1. The summed E-state index contributed by atoms with van der Waals surface area (Å²) in [5, 5.41) is 1.10. The predicted octanol–water partition coefficient (Wildman–Crippen LogP) is 4.41. The number of halogens is 3. The molecule has 5 atom stereocenters. The third-order valence-electron chi connectivity index (χ3n) is 5.91. The van der Waals surface area contributed by atoms with E-state index in [-0.39, 0.29) is 43.3 Å². The van der Waals surface area contributed by atoms with Gasteiger partial charge in [-0.05, 0) is 61.1 Å². The SMILES string of the molecule is C=CC1CN2CC[C@@H]1CC2C(N)c1ccnc2ccc(OC)cc12.Cl.Cl.Cl. The van der Waals surface area contributed by atoms with Gasteiger partial charge in [0.1, 0.15) is 5.75 Å². The number of hydrogen-bond acceptors (Lipinski definition) is 4. The zero-order valence-electron chi connectivity index (χ0n) is 15.4. The number of ether oxygens (including phenoxy) is 1. The number of hydrogen-bond donors (Lipinski definition) is 1. The van der Waals surface area contributed by atoms with Crippen molar-refractivity contribution in [3.63, 3.8) is 0 Å². The average Bonchev–Trinajstić information content (AvgIpc) is 2.66. The van der Waals surface area contributed by atoms with Gasteiger partial charge in [-0.15, -0.1) is 43.8 Å². The quantitative estimate of drug-likeness (QED) is 0.727. The first-order valence-electron chi connectivity index (χ1n) is 8.76. The van der Waals surface area contributed by atoms with E-state index in [1.165, 1.54) is 12.0 Å². The average molecular weight is 433 g/mol. The molecule has 0 spiro atoms. The van der Waals surface area contributed by atoms with Crippen molar-refractivity contribution in [2.24, 2.45) is 17.6 Å². The van der Waals surface area contributed by atoms with E-state index in [1.54, 1.807) is 7.11 Å². The number of nitrogens with zero attached hydrogens (tertiary/aromatic N) is 2. The summed E-state index contributed by atoms with van der Waals surface area (Å²) < 4.78 is 5.39. The summed E-state index contributed by atoms with van der Waals surface area (Å²) >= 11 is 0. The Balaban J connectivity index is 0.00000121. The molecule has 3 fully saturated rings. The zero-order chi connectivity index (χ0) is 16.7. The van der Waals surface area contributed by atoms with Crippen LogP contribution in [-0.2, 0) is 0 Å². The lowest BCUT2D eigenvalue weighted by atomic mass is 9.73. The number of methoxy groups -OCH3 is 1. The van der Waals surface area contributed by atoms with Crippen molar-refractivity contribution < 1.29 is 4.74 Å². The largest absolute Gasteiger partial charge is 0.497 e. The van der Waals surface area contributed by atoms with Crippen molar-refractivity contribution in [2.75, 3.05) is 20.2 Å². The molecule has 3 aliphatic rings. The third-order valence-corrected chi connectivity index (χ3v) is 5.91. The number of fused-ring (bicyclic) bond motifs is 4. The molecular weight excluding hydrogens is 405 g/mol. The molecule has 2 N–H and O–H groups in total. The van der Waals surface area contributed by atoms with E-state index in [4.69, 9.17) is 10.5 Å².